The fourth-order valence-corrected chi connectivity index (χ4v) is 3.44. The van der Waals surface area contributed by atoms with Crippen molar-refractivity contribution in [1.82, 2.24) is 9.88 Å². The zero-order valence-electron chi connectivity index (χ0n) is 11.6. The minimum atomic E-state index is 0.172. The number of carbonyl (C=O) groups is 1. The molecule has 1 saturated heterocycles. The van der Waals surface area contributed by atoms with E-state index >= 15 is 0 Å². The van der Waals surface area contributed by atoms with Crippen LogP contribution in [0.1, 0.15) is 19.3 Å². The van der Waals surface area contributed by atoms with Crippen molar-refractivity contribution in [3.8, 4) is 0 Å². The van der Waals surface area contributed by atoms with Crippen molar-refractivity contribution in [2.24, 2.45) is 0 Å². The van der Waals surface area contributed by atoms with E-state index in [1.807, 2.05) is 29.2 Å². The van der Waals surface area contributed by atoms with Crippen molar-refractivity contribution < 1.29 is 4.79 Å². The van der Waals surface area contributed by atoms with Crippen LogP contribution in [0.2, 0.25) is 0 Å². The van der Waals surface area contributed by atoms with Gasteiger partial charge in [0.2, 0.25) is 5.91 Å². The summed E-state index contributed by atoms with van der Waals surface area (Å²) in [6.45, 7) is 0.805. The van der Waals surface area contributed by atoms with E-state index in [0.717, 1.165) is 27.7 Å². The number of pyridine rings is 1. The predicted molar refractivity (Wildman–Crippen MR) is 86.2 cm³/mol. The van der Waals surface area contributed by atoms with E-state index in [4.69, 9.17) is 0 Å². The van der Waals surface area contributed by atoms with E-state index in [9.17, 15) is 4.79 Å². The Labute approximate surface area is 131 Å². The lowest BCUT2D eigenvalue weighted by molar-refractivity contribution is -0.128. The number of likely N-dealkylation sites (tertiary alicyclic amines) is 1. The Morgan fingerprint density at radius 2 is 2.10 bits per heavy atom. The summed E-state index contributed by atoms with van der Waals surface area (Å²) in [5, 5.41) is 4.52. The second-order valence-corrected chi connectivity index (χ2v) is 6.69. The summed E-state index contributed by atoms with van der Waals surface area (Å²) in [5.74, 6) is 1.11. The van der Waals surface area contributed by atoms with Crippen molar-refractivity contribution in [1.29, 1.82) is 0 Å². The Hall–Kier alpha value is -1.62. The lowest BCUT2D eigenvalue weighted by atomic mass is 10.2. The number of para-hydroxylation sites is 1. The SMILES string of the molecule is O=C1C[C@@H](Nc2ccc3cccc(Br)c3n2)CN1C1CC1. The van der Waals surface area contributed by atoms with Gasteiger partial charge in [0.05, 0.1) is 11.6 Å². The van der Waals surface area contributed by atoms with Gasteiger partial charge in [0, 0.05) is 28.9 Å². The number of hydrogen-bond acceptors (Lipinski definition) is 3. The van der Waals surface area contributed by atoms with Crippen molar-refractivity contribution in [2.45, 2.75) is 31.3 Å². The number of nitrogens with one attached hydrogen (secondary N) is 1. The molecule has 0 spiro atoms. The fraction of sp³-hybridized carbons (Fsp3) is 0.375. The van der Waals surface area contributed by atoms with Crippen LogP contribution in [0.3, 0.4) is 0 Å². The molecular weight excluding hydrogens is 330 g/mol. The van der Waals surface area contributed by atoms with E-state index in [1.54, 1.807) is 0 Å². The third kappa shape index (κ3) is 2.50. The Morgan fingerprint density at radius 3 is 2.90 bits per heavy atom. The van der Waals surface area contributed by atoms with E-state index in [-0.39, 0.29) is 11.9 Å². The van der Waals surface area contributed by atoms with E-state index in [0.29, 0.717) is 12.5 Å². The number of amides is 1. The maximum absolute atomic E-state index is 12.0. The highest BCUT2D eigenvalue weighted by molar-refractivity contribution is 9.10. The van der Waals surface area contributed by atoms with E-state index in [1.165, 1.54) is 12.8 Å². The smallest absolute Gasteiger partial charge is 0.225 e. The van der Waals surface area contributed by atoms with Gasteiger partial charge in [-0.05, 0) is 47.0 Å². The number of rotatable bonds is 3. The number of carbonyl (C=O) groups excluding carboxylic acids is 1. The largest absolute Gasteiger partial charge is 0.365 e. The van der Waals surface area contributed by atoms with Gasteiger partial charge in [0.1, 0.15) is 5.82 Å². The van der Waals surface area contributed by atoms with Crippen LogP contribution in [-0.2, 0) is 4.79 Å². The lowest BCUT2D eigenvalue weighted by Gasteiger charge is -2.16. The summed E-state index contributed by atoms with van der Waals surface area (Å²) in [6, 6.07) is 10.8. The zero-order chi connectivity index (χ0) is 14.4. The van der Waals surface area contributed by atoms with Gasteiger partial charge in [-0.25, -0.2) is 4.98 Å². The molecule has 2 fully saturated rings. The molecule has 21 heavy (non-hydrogen) atoms. The molecule has 1 aliphatic carbocycles. The first-order valence-electron chi connectivity index (χ1n) is 7.32. The highest BCUT2D eigenvalue weighted by Crippen LogP contribution is 2.31. The first kappa shape index (κ1) is 13.1. The molecule has 108 valence electrons. The molecule has 2 aromatic rings. The molecule has 4 nitrogen and oxygen atoms in total. The molecule has 1 amide bonds. The number of nitrogens with zero attached hydrogens (tertiary/aromatic N) is 2. The topological polar surface area (TPSA) is 45.2 Å². The molecule has 2 heterocycles. The lowest BCUT2D eigenvalue weighted by Crippen LogP contribution is -2.29. The van der Waals surface area contributed by atoms with E-state index in [2.05, 4.69) is 32.3 Å². The van der Waals surface area contributed by atoms with Gasteiger partial charge in [-0.1, -0.05) is 12.1 Å². The standard InChI is InChI=1S/C16H16BrN3O/c17-13-3-1-2-10-4-7-14(19-16(10)13)18-11-8-15(21)20(9-11)12-5-6-12/h1-4,7,11-12H,5-6,8-9H2,(H,18,19)/t11-/m1/s1. The molecule has 0 unspecified atom stereocenters. The first-order chi connectivity index (χ1) is 10.2. The molecule has 1 N–H and O–H groups in total. The third-order valence-corrected chi connectivity index (χ3v) is 4.81. The van der Waals surface area contributed by atoms with Gasteiger partial charge in [-0.2, -0.15) is 0 Å². The molecule has 1 aliphatic heterocycles. The minimum Gasteiger partial charge on any atom is -0.365 e. The molecule has 1 aromatic carbocycles. The van der Waals surface area contributed by atoms with Crippen LogP contribution < -0.4 is 5.32 Å². The second kappa shape index (κ2) is 4.98. The molecule has 4 rings (SSSR count). The van der Waals surface area contributed by atoms with Crippen LogP contribution in [-0.4, -0.2) is 34.4 Å². The van der Waals surface area contributed by atoms with Crippen molar-refractivity contribution >= 4 is 38.6 Å². The minimum absolute atomic E-state index is 0.172. The van der Waals surface area contributed by atoms with Crippen LogP contribution in [0.5, 0.6) is 0 Å². The van der Waals surface area contributed by atoms with Gasteiger partial charge in [-0.15, -0.1) is 0 Å². The molecule has 5 heteroatoms. The highest BCUT2D eigenvalue weighted by Gasteiger charge is 2.39. The summed E-state index contributed by atoms with van der Waals surface area (Å²) in [5.41, 5.74) is 0.950. The monoisotopic (exact) mass is 345 g/mol. The Morgan fingerprint density at radius 1 is 1.24 bits per heavy atom. The Bertz CT molecular complexity index is 714. The number of halogens is 1. The van der Waals surface area contributed by atoms with Gasteiger partial charge >= 0.3 is 0 Å². The first-order valence-corrected chi connectivity index (χ1v) is 8.11. The quantitative estimate of drug-likeness (QED) is 0.929. The Balaban J connectivity index is 1.54. The average molecular weight is 346 g/mol. The average Bonchev–Trinajstić information content (AvgIpc) is 3.24. The van der Waals surface area contributed by atoms with Crippen LogP contribution in [0.25, 0.3) is 10.9 Å². The summed E-state index contributed by atoms with van der Waals surface area (Å²) in [6.07, 6.45) is 2.91. The molecule has 1 aromatic heterocycles. The molecule has 0 bridgehead atoms. The Kier molecular flexibility index (Phi) is 3.10. The summed E-state index contributed by atoms with van der Waals surface area (Å²) < 4.78 is 0.991. The highest BCUT2D eigenvalue weighted by atomic mass is 79.9. The van der Waals surface area contributed by atoms with Crippen molar-refractivity contribution in [3.05, 3.63) is 34.8 Å². The molecule has 2 aliphatic rings. The maximum Gasteiger partial charge on any atom is 0.225 e. The van der Waals surface area contributed by atoms with Crippen LogP contribution in [0.15, 0.2) is 34.8 Å². The summed E-state index contributed by atoms with van der Waals surface area (Å²) >= 11 is 3.54. The number of hydrogen-bond donors (Lipinski definition) is 1. The van der Waals surface area contributed by atoms with E-state index < -0.39 is 0 Å². The fourth-order valence-electron chi connectivity index (χ4n) is 2.97. The van der Waals surface area contributed by atoms with Gasteiger partial charge in [0.25, 0.3) is 0 Å². The van der Waals surface area contributed by atoms with Gasteiger partial charge in [0.15, 0.2) is 0 Å². The molecule has 1 atom stereocenters. The normalized spacial score (nSPS) is 22.0. The second-order valence-electron chi connectivity index (χ2n) is 5.83. The van der Waals surface area contributed by atoms with Crippen LogP contribution in [0, 0.1) is 0 Å². The van der Waals surface area contributed by atoms with Crippen molar-refractivity contribution in [2.75, 3.05) is 11.9 Å². The number of anilines is 1. The molecule has 0 radical (unpaired) electrons. The van der Waals surface area contributed by atoms with Gasteiger partial charge < -0.3 is 10.2 Å². The molecular formula is C16H16BrN3O. The van der Waals surface area contributed by atoms with Crippen LogP contribution in [0.4, 0.5) is 5.82 Å². The van der Waals surface area contributed by atoms with Crippen LogP contribution >= 0.6 is 15.9 Å². The number of benzene rings is 1. The summed E-state index contributed by atoms with van der Waals surface area (Å²) in [4.78, 5) is 18.7. The van der Waals surface area contributed by atoms with Crippen molar-refractivity contribution in [3.63, 3.8) is 0 Å². The van der Waals surface area contributed by atoms with Gasteiger partial charge in [-0.3, -0.25) is 4.79 Å². The maximum atomic E-state index is 12.0. The number of fused-ring (bicyclic) bond motifs is 1. The zero-order valence-corrected chi connectivity index (χ0v) is 13.1. The third-order valence-electron chi connectivity index (χ3n) is 4.17. The number of aromatic nitrogens is 1. The predicted octanol–water partition coefficient (Wildman–Crippen LogP) is 3.17. The molecule has 1 saturated carbocycles. The summed E-state index contributed by atoms with van der Waals surface area (Å²) in [7, 11) is 0.